The number of hydrogen-bond donors (Lipinski definition) is 4. The van der Waals surface area contributed by atoms with E-state index in [1.54, 1.807) is 13.2 Å². The highest BCUT2D eigenvalue weighted by atomic mass is 16.5. The molecule has 7 rings (SSSR count). The molecule has 2 heterocycles. The average Bonchev–Trinajstić information content (AvgIpc) is 3.44. The first-order valence-electron chi connectivity index (χ1n) is 12.9. The SMILES string of the molecule is COc1cccc2[nH]c(C(=O)N[C@@H](CC3CC3)C(=O)N[C@@]3(C#N)C[C@@H]4CC[C@@H]3[C@H]3C(=O)NC[C@@H]43)cc12. The first-order valence-corrected chi connectivity index (χ1v) is 12.9. The van der Waals surface area contributed by atoms with E-state index in [2.05, 4.69) is 27.0 Å². The monoisotopic (exact) mass is 489 g/mol. The molecule has 6 atom stereocenters. The molecule has 1 aliphatic heterocycles. The van der Waals surface area contributed by atoms with Gasteiger partial charge in [0.05, 0.1) is 13.2 Å². The van der Waals surface area contributed by atoms with E-state index in [1.165, 1.54) is 0 Å². The van der Waals surface area contributed by atoms with E-state index in [0.717, 1.165) is 36.6 Å². The number of nitrogens with one attached hydrogen (secondary N) is 4. The van der Waals surface area contributed by atoms with Crippen LogP contribution >= 0.6 is 0 Å². The zero-order valence-electron chi connectivity index (χ0n) is 20.3. The minimum Gasteiger partial charge on any atom is -0.496 e. The van der Waals surface area contributed by atoms with Gasteiger partial charge in [0, 0.05) is 29.3 Å². The molecule has 1 saturated heterocycles. The third-order valence-electron chi connectivity index (χ3n) is 8.90. The Hall–Kier alpha value is -3.54. The molecule has 9 nitrogen and oxygen atoms in total. The van der Waals surface area contributed by atoms with Crippen molar-refractivity contribution in [2.24, 2.45) is 29.6 Å². The Labute approximate surface area is 209 Å². The number of carbonyl (C=O) groups is 3. The summed E-state index contributed by atoms with van der Waals surface area (Å²) in [7, 11) is 1.58. The number of amides is 3. The number of aromatic amines is 1. The molecule has 4 saturated carbocycles. The molecule has 0 radical (unpaired) electrons. The smallest absolute Gasteiger partial charge is 0.268 e. The molecule has 2 bridgehead atoms. The molecular weight excluding hydrogens is 458 g/mol. The predicted octanol–water partition coefficient (Wildman–Crippen LogP) is 2.25. The van der Waals surface area contributed by atoms with Crippen LogP contribution in [0.4, 0.5) is 0 Å². The van der Waals surface area contributed by atoms with E-state index in [0.29, 0.717) is 36.7 Å². The fourth-order valence-corrected chi connectivity index (χ4v) is 6.95. The van der Waals surface area contributed by atoms with Crippen molar-refractivity contribution in [2.45, 2.75) is 50.1 Å². The standard InChI is InChI=1S/C27H31N5O4/c1-36-22-4-2-3-19-16(22)10-21(30-19)24(33)31-20(9-14-5-6-14)25(34)32-27(13-28)11-15-7-8-18(27)23-17(15)12-29-26(23)35/h2-4,10,14-15,17-18,20,23,30H,5-9,11-12H2,1H3,(H,29,35)(H,31,33)(H,32,34)/t15-,17-,18+,20-,23-,27+/m0/s1. The number of aromatic nitrogens is 1. The summed E-state index contributed by atoms with van der Waals surface area (Å²) in [5.41, 5.74) is 0.0400. The Morgan fingerprint density at radius 3 is 2.86 bits per heavy atom. The van der Waals surface area contributed by atoms with Gasteiger partial charge in [-0.3, -0.25) is 14.4 Å². The molecule has 1 aromatic heterocycles. The number of carbonyl (C=O) groups excluding carboxylic acids is 3. The fraction of sp³-hybridized carbons (Fsp3) is 0.556. The molecule has 3 amide bonds. The van der Waals surface area contributed by atoms with Crippen LogP contribution < -0.4 is 20.7 Å². The van der Waals surface area contributed by atoms with Crippen molar-refractivity contribution in [1.29, 1.82) is 5.26 Å². The van der Waals surface area contributed by atoms with E-state index >= 15 is 0 Å². The second kappa shape index (κ2) is 8.54. The molecular formula is C27H31N5O4. The lowest BCUT2D eigenvalue weighted by molar-refractivity contribution is -0.135. The maximum Gasteiger partial charge on any atom is 0.268 e. The van der Waals surface area contributed by atoms with Crippen LogP contribution in [0.15, 0.2) is 24.3 Å². The summed E-state index contributed by atoms with van der Waals surface area (Å²) >= 11 is 0. The molecule has 4 aliphatic carbocycles. The lowest BCUT2D eigenvalue weighted by atomic mass is 9.52. The molecule has 4 N–H and O–H groups in total. The molecule has 1 aromatic carbocycles. The normalized spacial score (nSPS) is 31.3. The van der Waals surface area contributed by atoms with Gasteiger partial charge >= 0.3 is 0 Å². The van der Waals surface area contributed by atoms with Crippen molar-refractivity contribution < 1.29 is 19.1 Å². The number of ether oxygens (including phenoxy) is 1. The number of H-pyrrole nitrogens is 1. The average molecular weight is 490 g/mol. The van der Waals surface area contributed by atoms with E-state index in [4.69, 9.17) is 4.74 Å². The number of methoxy groups -OCH3 is 1. The maximum atomic E-state index is 13.6. The van der Waals surface area contributed by atoms with Crippen LogP contribution in [0.1, 0.15) is 49.0 Å². The lowest BCUT2D eigenvalue weighted by Gasteiger charge is -2.53. The maximum absolute atomic E-state index is 13.6. The molecule has 9 heteroatoms. The molecule has 0 unspecified atom stereocenters. The number of benzene rings is 1. The Bertz CT molecular complexity index is 1280. The minimum absolute atomic E-state index is 0.000321. The first-order chi connectivity index (χ1) is 17.4. The van der Waals surface area contributed by atoms with Crippen molar-refractivity contribution in [1.82, 2.24) is 20.9 Å². The van der Waals surface area contributed by atoms with Crippen LogP contribution in [0.25, 0.3) is 10.9 Å². The Balaban J connectivity index is 1.23. The van der Waals surface area contributed by atoms with Crippen LogP contribution in [-0.4, -0.2) is 47.9 Å². The number of fused-ring (bicyclic) bond motifs is 3. The summed E-state index contributed by atoms with van der Waals surface area (Å²) in [4.78, 5) is 42.5. The van der Waals surface area contributed by atoms with Crippen LogP contribution in [0.3, 0.4) is 0 Å². The van der Waals surface area contributed by atoms with Crippen LogP contribution in [0.2, 0.25) is 0 Å². The third-order valence-corrected chi connectivity index (χ3v) is 8.90. The van der Waals surface area contributed by atoms with E-state index < -0.39 is 11.6 Å². The van der Waals surface area contributed by atoms with Crippen molar-refractivity contribution in [3.05, 3.63) is 30.0 Å². The van der Waals surface area contributed by atoms with E-state index in [-0.39, 0.29) is 41.4 Å². The zero-order chi connectivity index (χ0) is 25.0. The Kier molecular flexibility index (Phi) is 5.43. The summed E-state index contributed by atoms with van der Waals surface area (Å²) in [6.45, 7) is 0.662. The topological polar surface area (TPSA) is 136 Å². The second-order valence-corrected chi connectivity index (χ2v) is 11.0. The Morgan fingerprint density at radius 1 is 1.28 bits per heavy atom. The molecule has 188 valence electrons. The first kappa shape index (κ1) is 22.9. The molecule has 5 aliphatic rings. The predicted molar refractivity (Wildman–Crippen MR) is 131 cm³/mol. The van der Waals surface area contributed by atoms with Gasteiger partial charge in [-0.2, -0.15) is 5.26 Å². The summed E-state index contributed by atoms with van der Waals surface area (Å²) in [5, 5.41) is 20.0. The third kappa shape index (κ3) is 3.71. The van der Waals surface area contributed by atoms with Crippen molar-refractivity contribution in [3.63, 3.8) is 0 Å². The van der Waals surface area contributed by atoms with E-state index in [1.807, 2.05) is 18.2 Å². The van der Waals surface area contributed by atoms with Gasteiger partial charge in [0.1, 0.15) is 23.0 Å². The summed E-state index contributed by atoms with van der Waals surface area (Å²) in [6.07, 6.45) is 4.88. The lowest BCUT2D eigenvalue weighted by Crippen LogP contribution is -2.65. The van der Waals surface area contributed by atoms with Gasteiger partial charge in [-0.25, -0.2) is 0 Å². The van der Waals surface area contributed by atoms with Crippen molar-refractivity contribution >= 4 is 28.6 Å². The zero-order valence-corrected chi connectivity index (χ0v) is 20.3. The van der Waals surface area contributed by atoms with Gasteiger partial charge in [-0.15, -0.1) is 0 Å². The van der Waals surface area contributed by atoms with Crippen molar-refractivity contribution in [3.8, 4) is 11.8 Å². The molecule has 2 aromatic rings. The number of rotatable bonds is 7. The van der Waals surface area contributed by atoms with Gasteiger partial charge < -0.3 is 25.7 Å². The van der Waals surface area contributed by atoms with Gasteiger partial charge in [0.25, 0.3) is 5.91 Å². The number of nitrogens with zero attached hydrogens (tertiary/aromatic N) is 1. The van der Waals surface area contributed by atoms with Gasteiger partial charge in [0.15, 0.2) is 0 Å². The van der Waals surface area contributed by atoms with Gasteiger partial charge in [0.2, 0.25) is 11.8 Å². The van der Waals surface area contributed by atoms with Gasteiger partial charge in [-0.05, 0) is 61.6 Å². The quantitative estimate of drug-likeness (QED) is 0.473. The Morgan fingerprint density at radius 2 is 2.11 bits per heavy atom. The highest BCUT2D eigenvalue weighted by Gasteiger charge is 2.61. The second-order valence-electron chi connectivity index (χ2n) is 11.0. The number of nitriles is 1. The van der Waals surface area contributed by atoms with E-state index in [9.17, 15) is 19.6 Å². The number of hydrogen-bond acceptors (Lipinski definition) is 5. The highest BCUT2D eigenvalue weighted by Crippen LogP contribution is 2.55. The largest absolute Gasteiger partial charge is 0.496 e. The molecule has 36 heavy (non-hydrogen) atoms. The fourth-order valence-electron chi connectivity index (χ4n) is 6.95. The minimum atomic E-state index is -1.08. The van der Waals surface area contributed by atoms with Crippen molar-refractivity contribution in [2.75, 3.05) is 13.7 Å². The molecule has 0 spiro atoms. The highest BCUT2D eigenvalue weighted by molar-refractivity contribution is 6.01. The summed E-state index contributed by atoms with van der Waals surface area (Å²) < 4.78 is 5.40. The molecule has 5 fully saturated rings. The van der Waals surface area contributed by atoms with Crippen LogP contribution in [0.5, 0.6) is 5.75 Å². The van der Waals surface area contributed by atoms with Gasteiger partial charge in [-0.1, -0.05) is 18.9 Å². The van der Waals surface area contributed by atoms with Crippen LogP contribution in [0, 0.1) is 40.9 Å². The van der Waals surface area contributed by atoms with Crippen LogP contribution in [-0.2, 0) is 9.59 Å². The summed E-state index contributed by atoms with van der Waals surface area (Å²) in [5.74, 6) is 0.376. The summed E-state index contributed by atoms with van der Waals surface area (Å²) in [6, 6.07) is 8.92.